The van der Waals surface area contributed by atoms with Gasteiger partial charge in [-0.15, -0.1) is 14.5 Å². The predicted molar refractivity (Wildman–Crippen MR) is 107 cm³/mol. The van der Waals surface area contributed by atoms with Crippen LogP contribution >= 0.6 is 0 Å². The summed E-state index contributed by atoms with van der Waals surface area (Å²) in [5.41, 5.74) is 3.78. The molecule has 0 N–H and O–H groups in total. The van der Waals surface area contributed by atoms with Crippen molar-refractivity contribution in [3.63, 3.8) is 0 Å². The molecule has 0 atom stereocenters. The Morgan fingerprint density at radius 1 is 0.929 bits per heavy atom. The van der Waals surface area contributed by atoms with Crippen LogP contribution in [0.25, 0.3) is 11.4 Å². The van der Waals surface area contributed by atoms with Crippen LogP contribution in [0.1, 0.15) is 16.7 Å². The van der Waals surface area contributed by atoms with Crippen LogP contribution in [0, 0.1) is 6.92 Å². The molecule has 0 aliphatic heterocycles. The average molecular weight is 368 g/mol. The van der Waals surface area contributed by atoms with Crippen molar-refractivity contribution in [3.05, 3.63) is 108 Å². The number of hydrogen-bond acceptors (Lipinski definition) is 3. The Hall–Kier alpha value is -3.73. The molecule has 0 fully saturated rings. The smallest absolute Gasteiger partial charge is 0.291 e. The fraction of sp³-hybridized carbons (Fsp3) is 0.0870. The molecule has 28 heavy (non-hydrogen) atoms. The minimum Gasteiger partial charge on any atom is -0.856 e. The third-order valence-electron chi connectivity index (χ3n) is 4.47. The molecule has 1 heterocycles. The first-order valence-corrected chi connectivity index (χ1v) is 9.10. The summed E-state index contributed by atoms with van der Waals surface area (Å²) in [4.78, 5) is 0. The van der Waals surface area contributed by atoms with Crippen LogP contribution in [0.3, 0.4) is 0 Å². The third-order valence-corrected chi connectivity index (χ3v) is 4.47. The molecule has 0 aliphatic rings. The van der Waals surface area contributed by atoms with Gasteiger partial charge in [0.25, 0.3) is 12.2 Å². The number of aromatic nitrogens is 3. The van der Waals surface area contributed by atoms with E-state index in [9.17, 15) is 5.11 Å². The molecule has 0 unspecified atom stereocenters. The zero-order valence-electron chi connectivity index (χ0n) is 15.6. The third kappa shape index (κ3) is 3.83. The molecule has 1 aromatic heterocycles. The van der Waals surface area contributed by atoms with Crippen LogP contribution in [0.5, 0.6) is 0 Å². The van der Waals surface area contributed by atoms with Crippen molar-refractivity contribution in [1.29, 1.82) is 0 Å². The summed E-state index contributed by atoms with van der Waals surface area (Å²) < 4.78 is 3.42. The second kappa shape index (κ2) is 7.88. The standard InChI is InChI=1S/C23H20N4O/c1-18-12-14-21(15-13-18)23-26(16-19-8-4-2-5-9-19)24-17-27(23)25-22(28)20-10-6-3-7-11-20/h2-15,17H,16H2,1H3. The molecule has 138 valence electrons. The topological polar surface area (TPSA) is 57.1 Å². The zero-order valence-corrected chi connectivity index (χ0v) is 15.6. The number of benzene rings is 3. The molecule has 5 heteroatoms. The van der Waals surface area contributed by atoms with Crippen LogP contribution in [-0.2, 0) is 6.54 Å². The van der Waals surface area contributed by atoms with Gasteiger partial charge in [-0.25, -0.2) is 0 Å². The van der Waals surface area contributed by atoms with E-state index >= 15 is 0 Å². The van der Waals surface area contributed by atoms with Crippen LogP contribution in [-0.4, -0.2) is 15.7 Å². The summed E-state index contributed by atoms with van der Waals surface area (Å²) in [6, 6.07) is 27.3. The Kier molecular flexibility index (Phi) is 4.97. The number of rotatable bonds is 5. The molecular weight excluding hydrogens is 348 g/mol. The normalized spacial score (nSPS) is 11.5. The van der Waals surface area contributed by atoms with E-state index in [1.807, 2.05) is 72.3 Å². The fourth-order valence-corrected chi connectivity index (χ4v) is 3.00. The zero-order chi connectivity index (χ0) is 19.3. The summed E-state index contributed by atoms with van der Waals surface area (Å²) in [6.45, 7) is 2.63. The molecule has 5 nitrogen and oxygen atoms in total. The van der Waals surface area contributed by atoms with Crippen molar-refractivity contribution >= 4 is 5.90 Å². The van der Waals surface area contributed by atoms with Crippen molar-refractivity contribution in [2.75, 3.05) is 0 Å². The van der Waals surface area contributed by atoms with Crippen LogP contribution < -0.4 is 9.78 Å². The molecule has 0 saturated carbocycles. The van der Waals surface area contributed by atoms with Crippen LogP contribution in [0.15, 0.2) is 96.4 Å². The van der Waals surface area contributed by atoms with Gasteiger partial charge in [-0.3, -0.25) is 0 Å². The lowest BCUT2D eigenvalue weighted by Crippen LogP contribution is -2.35. The van der Waals surface area contributed by atoms with Gasteiger partial charge in [0.1, 0.15) is 6.54 Å². The predicted octanol–water partition coefficient (Wildman–Crippen LogP) is 2.76. The maximum absolute atomic E-state index is 12.6. The molecule has 4 aromatic rings. The van der Waals surface area contributed by atoms with Gasteiger partial charge in [0.2, 0.25) is 0 Å². The van der Waals surface area contributed by atoms with Gasteiger partial charge >= 0.3 is 0 Å². The van der Waals surface area contributed by atoms with Crippen LogP contribution in [0.4, 0.5) is 0 Å². The molecule has 3 aromatic carbocycles. The first-order valence-electron chi connectivity index (χ1n) is 9.10. The Bertz CT molecular complexity index is 1080. The number of hydrogen-bond donors (Lipinski definition) is 0. The Morgan fingerprint density at radius 3 is 2.25 bits per heavy atom. The first-order chi connectivity index (χ1) is 13.7. The molecule has 0 bridgehead atoms. The highest BCUT2D eigenvalue weighted by Crippen LogP contribution is 2.17. The van der Waals surface area contributed by atoms with E-state index in [-0.39, 0.29) is 5.90 Å². The van der Waals surface area contributed by atoms with Gasteiger partial charge < -0.3 is 5.11 Å². The molecule has 0 amide bonds. The molecule has 0 saturated heterocycles. The van der Waals surface area contributed by atoms with Crippen molar-refractivity contribution in [3.8, 4) is 11.4 Å². The summed E-state index contributed by atoms with van der Waals surface area (Å²) in [5, 5.41) is 21.4. The molecule has 0 radical (unpaired) electrons. The summed E-state index contributed by atoms with van der Waals surface area (Å²) in [6.07, 6.45) is 1.58. The average Bonchev–Trinajstić information content (AvgIpc) is 3.12. The lowest BCUT2D eigenvalue weighted by Gasteiger charge is -2.09. The molecular formula is C23H20N4O. The lowest BCUT2D eigenvalue weighted by atomic mass is 10.1. The van der Waals surface area contributed by atoms with Gasteiger partial charge in [-0.2, -0.15) is 0 Å². The highest BCUT2D eigenvalue weighted by molar-refractivity contribution is 5.89. The van der Waals surface area contributed by atoms with Crippen molar-refractivity contribution in [2.45, 2.75) is 13.5 Å². The summed E-state index contributed by atoms with van der Waals surface area (Å²) in [5.74, 6) is 0.450. The largest absolute Gasteiger partial charge is 0.856 e. The summed E-state index contributed by atoms with van der Waals surface area (Å²) in [7, 11) is 0. The maximum Gasteiger partial charge on any atom is 0.291 e. The minimum absolute atomic E-state index is 0.307. The molecule has 0 spiro atoms. The molecule has 0 aliphatic carbocycles. The maximum atomic E-state index is 12.6. The Balaban J connectivity index is 1.79. The lowest BCUT2D eigenvalue weighted by molar-refractivity contribution is -0.671. The number of aryl methyl sites for hydroxylation is 1. The second-order valence-corrected chi connectivity index (χ2v) is 6.58. The highest BCUT2D eigenvalue weighted by Gasteiger charge is 2.21. The monoisotopic (exact) mass is 368 g/mol. The SMILES string of the molecule is Cc1ccc(-c2n(Cc3ccccc3)nc[n+]2/N=C(\[O-])c2ccccc2)cc1. The van der Waals surface area contributed by atoms with Gasteiger partial charge in [0.15, 0.2) is 0 Å². The Morgan fingerprint density at radius 2 is 1.57 bits per heavy atom. The second-order valence-electron chi connectivity index (χ2n) is 6.58. The van der Waals surface area contributed by atoms with Gasteiger partial charge in [0, 0.05) is 11.0 Å². The van der Waals surface area contributed by atoms with Gasteiger partial charge in [-0.05, 0) is 30.2 Å². The summed E-state index contributed by atoms with van der Waals surface area (Å²) >= 11 is 0. The van der Waals surface area contributed by atoms with Crippen molar-refractivity contribution < 1.29 is 9.78 Å². The van der Waals surface area contributed by atoms with E-state index in [0.29, 0.717) is 12.1 Å². The van der Waals surface area contributed by atoms with E-state index in [2.05, 4.69) is 22.3 Å². The van der Waals surface area contributed by atoms with Crippen molar-refractivity contribution in [1.82, 2.24) is 9.78 Å². The first kappa shape index (κ1) is 17.7. The van der Waals surface area contributed by atoms with E-state index < -0.39 is 0 Å². The van der Waals surface area contributed by atoms with E-state index in [0.717, 1.165) is 17.0 Å². The quantitative estimate of drug-likeness (QED) is 0.309. The van der Waals surface area contributed by atoms with E-state index in [4.69, 9.17) is 0 Å². The molecule has 4 rings (SSSR count). The van der Waals surface area contributed by atoms with E-state index in [1.165, 1.54) is 5.56 Å². The number of nitrogens with zero attached hydrogens (tertiary/aromatic N) is 4. The van der Waals surface area contributed by atoms with Gasteiger partial charge in [0.05, 0.1) is 5.56 Å². The minimum atomic E-state index is -0.307. The Labute approximate surface area is 163 Å². The van der Waals surface area contributed by atoms with E-state index in [1.54, 1.807) is 23.1 Å². The van der Waals surface area contributed by atoms with Gasteiger partial charge in [-0.1, -0.05) is 78.4 Å². The van der Waals surface area contributed by atoms with Crippen molar-refractivity contribution in [2.24, 2.45) is 5.10 Å². The fourth-order valence-electron chi connectivity index (χ4n) is 3.00. The highest BCUT2D eigenvalue weighted by atomic mass is 16.3. The van der Waals surface area contributed by atoms with Crippen LogP contribution in [0.2, 0.25) is 0 Å².